The molecular formula is C8H11NO2. The van der Waals surface area contributed by atoms with Crippen molar-refractivity contribution in [2.24, 2.45) is 0 Å². The van der Waals surface area contributed by atoms with Crippen molar-refractivity contribution in [2.45, 2.75) is 13.8 Å². The summed E-state index contributed by atoms with van der Waals surface area (Å²) >= 11 is 0. The second-order valence-corrected chi connectivity index (χ2v) is 2.35. The molecule has 0 aliphatic carbocycles. The van der Waals surface area contributed by atoms with E-state index in [1.54, 1.807) is 19.8 Å². The fourth-order valence-electron chi connectivity index (χ4n) is 0.400. The van der Waals surface area contributed by atoms with Crippen molar-refractivity contribution in [3.8, 4) is 0 Å². The van der Waals surface area contributed by atoms with E-state index in [2.05, 4.69) is 11.9 Å². The quantitative estimate of drug-likeness (QED) is 0.473. The molecule has 0 bridgehead atoms. The van der Waals surface area contributed by atoms with Crippen molar-refractivity contribution in [1.82, 2.24) is 5.32 Å². The van der Waals surface area contributed by atoms with E-state index < -0.39 is 0 Å². The molecule has 0 spiro atoms. The van der Waals surface area contributed by atoms with Crippen LogP contribution in [0.1, 0.15) is 13.8 Å². The Morgan fingerprint density at radius 1 is 1.55 bits per heavy atom. The third kappa shape index (κ3) is 4.12. The van der Waals surface area contributed by atoms with Crippen LogP contribution in [-0.2, 0) is 9.59 Å². The Kier molecular flexibility index (Phi) is 3.93. The Bertz CT molecular complexity index is 224. The van der Waals surface area contributed by atoms with Crippen molar-refractivity contribution in [3.63, 3.8) is 0 Å². The van der Waals surface area contributed by atoms with E-state index in [1.807, 2.05) is 0 Å². The van der Waals surface area contributed by atoms with Gasteiger partial charge in [-0.2, -0.15) is 0 Å². The van der Waals surface area contributed by atoms with Gasteiger partial charge in [0.2, 0.25) is 5.91 Å². The predicted octanol–water partition coefficient (Wildman–Crippen LogP) is 0.457. The Balaban J connectivity index is 3.81. The third-order valence-corrected chi connectivity index (χ3v) is 1.08. The molecule has 0 atom stereocenters. The topological polar surface area (TPSA) is 46.2 Å². The summed E-state index contributed by atoms with van der Waals surface area (Å²) in [4.78, 5) is 20.8. The van der Waals surface area contributed by atoms with Crippen LogP contribution in [0.2, 0.25) is 0 Å². The number of carbonyl (C=O) groups excluding carboxylic acids is 2. The fourth-order valence-corrected chi connectivity index (χ4v) is 0.400. The van der Waals surface area contributed by atoms with E-state index in [4.69, 9.17) is 0 Å². The van der Waals surface area contributed by atoms with Gasteiger partial charge in [-0.15, -0.1) is 0 Å². The molecule has 0 saturated heterocycles. The van der Waals surface area contributed by atoms with Crippen LogP contribution >= 0.6 is 0 Å². The lowest BCUT2D eigenvalue weighted by atomic mass is 10.3. The molecule has 1 N–H and O–H groups in total. The zero-order valence-corrected chi connectivity index (χ0v) is 6.73. The van der Waals surface area contributed by atoms with E-state index in [0.717, 1.165) is 0 Å². The van der Waals surface area contributed by atoms with Crippen LogP contribution < -0.4 is 5.32 Å². The molecule has 0 aromatic rings. The number of rotatable bonds is 3. The Hall–Kier alpha value is -1.34. The first-order valence-corrected chi connectivity index (χ1v) is 3.22. The normalized spacial score (nSPS) is 8.18. The minimum atomic E-state index is -0.236. The molecule has 0 aromatic heterocycles. The average Bonchev–Trinajstić information content (AvgIpc) is 1.99. The van der Waals surface area contributed by atoms with Crippen molar-refractivity contribution >= 4 is 11.8 Å². The van der Waals surface area contributed by atoms with Gasteiger partial charge in [-0.25, -0.2) is 4.79 Å². The van der Waals surface area contributed by atoms with Gasteiger partial charge in [0.05, 0.1) is 0 Å². The maximum atomic E-state index is 10.8. The lowest BCUT2D eigenvalue weighted by Crippen LogP contribution is -2.25. The van der Waals surface area contributed by atoms with Gasteiger partial charge in [0.15, 0.2) is 0 Å². The second kappa shape index (κ2) is 4.47. The Morgan fingerprint density at radius 2 is 2.09 bits per heavy atom. The van der Waals surface area contributed by atoms with Crippen LogP contribution in [0.25, 0.3) is 0 Å². The van der Waals surface area contributed by atoms with Gasteiger partial charge in [0.25, 0.3) is 0 Å². The molecule has 0 aliphatic rings. The van der Waals surface area contributed by atoms with Crippen molar-refractivity contribution < 1.29 is 9.59 Å². The van der Waals surface area contributed by atoms with Crippen molar-refractivity contribution in [3.05, 3.63) is 17.7 Å². The molecule has 11 heavy (non-hydrogen) atoms. The predicted molar refractivity (Wildman–Crippen MR) is 42.7 cm³/mol. The highest BCUT2D eigenvalue weighted by molar-refractivity contribution is 5.92. The minimum absolute atomic E-state index is 0.236. The molecule has 0 rings (SSSR count). The van der Waals surface area contributed by atoms with Crippen LogP contribution in [0, 0.1) is 0 Å². The molecule has 0 saturated carbocycles. The highest BCUT2D eigenvalue weighted by atomic mass is 16.1. The molecular weight excluding hydrogens is 142 g/mol. The van der Waals surface area contributed by atoms with Gasteiger partial charge in [-0.1, -0.05) is 6.58 Å². The molecule has 3 heteroatoms. The second-order valence-electron chi connectivity index (χ2n) is 2.35. The molecule has 0 radical (unpaired) electrons. The molecule has 3 nitrogen and oxygen atoms in total. The highest BCUT2D eigenvalue weighted by Gasteiger charge is 1.99. The first-order valence-electron chi connectivity index (χ1n) is 3.22. The van der Waals surface area contributed by atoms with Crippen molar-refractivity contribution in [1.29, 1.82) is 0 Å². The van der Waals surface area contributed by atoms with E-state index in [-0.39, 0.29) is 12.5 Å². The SMILES string of the molecule is C=C(C)C(=O)NCC(C)=C=O. The highest BCUT2D eigenvalue weighted by Crippen LogP contribution is 1.87. The van der Waals surface area contributed by atoms with Crippen LogP contribution in [0.5, 0.6) is 0 Å². The fraction of sp³-hybridized carbons (Fsp3) is 0.375. The zero-order valence-electron chi connectivity index (χ0n) is 6.73. The molecule has 0 unspecified atom stereocenters. The van der Waals surface area contributed by atoms with Gasteiger partial charge >= 0.3 is 0 Å². The van der Waals surface area contributed by atoms with Gasteiger partial charge in [-0.05, 0) is 13.8 Å². The molecule has 60 valence electrons. The maximum absolute atomic E-state index is 10.8. The number of carbonyl (C=O) groups is 1. The van der Waals surface area contributed by atoms with Crippen molar-refractivity contribution in [2.75, 3.05) is 6.54 Å². The van der Waals surface area contributed by atoms with Gasteiger partial charge in [0.1, 0.15) is 5.94 Å². The summed E-state index contributed by atoms with van der Waals surface area (Å²) < 4.78 is 0. The Labute approximate surface area is 65.8 Å². The lowest BCUT2D eigenvalue weighted by molar-refractivity contribution is -0.117. The first kappa shape index (κ1) is 9.66. The van der Waals surface area contributed by atoms with E-state index in [9.17, 15) is 9.59 Å². The monoisotopic (exact) mass is 153 g/mol. The largest absolute Gasteiger partial charge is 0.348 e. The summed E-state index contributed by atoms with van der Waals surface area (Å²) in [5.74, 6) is 1.45. The van der Waals surface area contributed by atoms with Gasteiger partial charge in [-0.3, -0.25) is 4.79 Å². The maximum Gasteiger partial charge on any atom is 0.246 e. The number of nitrogens with one attached hydrogen (secondary N) is 1. The average molecular weight is 153 g/mol. The van der Waals surface area contributed by atoms with Crippen LogP contribution in [-0.4, -0.2) is 18.4 Å². The van der Waals surface area contributed by atoms with E-state index in [1.165, 1.54) is 0 Å². The third-order valence-electron chi connectivity index (χ3n) is 1.08. The molecule has 0 fully saturated rings. The summed E-state index contributed by atoms with van der Waals surface area (Å²) in [6, 6.07) is 0. The molecule has 0 aromatic carbocycles. The summed E-state index contributed by atoms with van der Waals surface area (Å²) in [5.41, 5.74) is 0.906. The standard InChI is InChI=1S/C8H11NO2/c1-6(2)8(11)9-4-7(3)5-10/h1,4H2,2-3H3,(H,9,11). The minimum Gasteiger partial charge on any atom is -0.348 e. The zero-order chi connectivity index (χ0) is 8.85. The molecule has 0 aliphatic heterocycles. The van der Waals surface area contributed by atoms with Crippen LogP contribution in [0.3, 0.4) is 0 Å². The number of hydrogen-bond donors (Lipinski definition) is 1. The number of hydrogen-bond acceptors (Lipinski definition) is 2. The summed E-state index contributed by atoms with van der Waals surface area (Å²) in [6.07, 6.45) is 0. The summed E-state index contributed by atoms with van der Waals surface area (Å²) in [6.45, 7) is 6.89. The van der Waals surface area contributed by atoms with Crippen LogP contribution in [0.4, 0.5) is 0 Å². The molecule has 1 amide bonds. The first-order chi connectivity index (χ1) is 5.07. The smallest absolute Gasteiger partial charge is 0.246 e. The van der Waals surface area contributed by atoms with E-state index in [0.29, 0.717) is 11.1 Å². The van der Waals surface area contributed by atoms with E-state index >= 15 is 0 Å². The van der Waals surface area contributed by atoms with Gasteiger partial charge in [0, 0.05) is 17.7 Å². The summed E-state index contributed by atoms with van der Waals surface area (Å²) in [7, 11) is 0. The number of amides is 1. The lowest BCUT2D eigenvalue weighted by Gasteiger charge is -2.00. The molecule has 0 heterocycles. The van der Waals surface area contributed by atoms with Crippen LogP contribution in [0.15, 0.2) is 17.7 Å². The van der Waals surface area contributed by atoms with Gasteiger partial charge < -0.3 is 5.32 Å². The Morgan fingerprint density at radius 3 is 2.45 bits per heavy atom. The summed E-state index contributed by atoms with van der Waals surface area (Å²) in [5, 5.41) is 2.49.